The quantitative estimate of drug-likeness (QED) is 0.206. The highest BCUT2D eigenvalue weighted by Crippen LogP contribution is 2.46. The van der Waals surface area contributed by atoms with Gasteiger partial charge >= 0.3 is 12.4 Å². The fourth-order valence-electron chi connectivity index (χ4n) is 18.0. The molecule has 8 fully saturated rings. The average molecular weight is 1550 g/mol. The molecule has 1 spiro atoms. The molecule has 4 saturated carbocycles. The smallest absolute Gasteiger partial charge is 0.378 e. The van der Waals surface area contributed by atoms with Crippen molar-refractivity contribution in [1.29, 1.82) is 0 Å². The van der Waals surface area contributed by atoms with Crippen LogP contribution in [0.4, 0.5) is 35.1 Å². The maximum Gasteiger partial charge on any atom is 0.397 e. The van der Waals surface area contributed by atoms with Gasteiger partial charge in [-0.05, 0) is 145 Å². The van der Waals surface area contributed by atoms with Gasteiger partial charge in [-0.25, -0.2) is 8.78 Å². The summed E-state index contributed by atoms with van der Waals surface area (Å²) >= 11 is 0. The van der Waals surface area contributed by atoms with Crippen molar-refractivity contribution in [2.45, 2.75) is 261 Å². The van der Waals surface area contributed by atoms with Crippen LogP contribution in [-0.4, -0.2) is 288 Å². The highest BCUT2D eigenvalue weighted by molar-refractivity contribution is 6.01. The molecule has 33 heteroatoms. The molecule has 0 aromatic carbocycles. The van der Waals surface area contributed by atoms with Crippen LogP contribution in [0.25, 0.3) is 0 Å². The third-order valence-corrected chi connectivity index (χ3v) is 25.3. The van der Waals surface area contributed by atoms with Crippen LogP contribution in [0.1, 0.15) is 182 Å². The van der Waals surface area contributed by atoms with E-state index in [0.717, 1.165) is 19.6 Å². The minimum absolute atomic E-state index is 0.00260. The van der Waals surface area contributed by atoms with Gasteiger partial charge in [0.05, 0.1) is 38.6 Å². The molecule has 4 heterocycles. The minimum atomic E-state index is -5.20. The van der Waals surface area contributed by atoms with Crippen molar-refractivity contribution < 1.29 is 97.4 Å². The van der Waals surface area contributed by atoms with Gasteiger partial charge in [-0.1, -0.05) is 66.7 Å². The largest absolute Gasteiger partial charge is 0.397 e. The number of alkyl halides is 8. The number of nitrogens with one attached hydrogen (secondary N) is 3. The molecule has 2 bridgehead atoms. The Bertz CT molecular complexity index is 3210. The van der Waals surface area contributed by atoms with Crippen molar-refractivity contribution in [1.82, 2.24) is 60.0 Å². The SMILES string of the molecule is CC[C@H](C)[C@@H]1NC(=O)[C@H](CC)N(C)C(=O)C[C@@H](C(=O)N2CCOCC2)N(C)C(=O)[C@H](C2CCCC2)N(C)C(=O)C2(CCCC2)NC(=O)[C@@H]2CCCN2C(=O)[C@H](CCC2CC(F)C(C(F)(F)F)C(F)C2)NC(=O)CN(C)C(=O)[C@H](CC2CCC(C(F)(F)F)CC2)N2C[C@H](C)[C@H](C)C[C@@H](C2=O)N(C)C(=O)CN(C)C1=O. The van der Waals surface area contributed by atoms with Gasteiger partial charge in [0.25, 0.3) is 0 Å². The van der Waals surface area contributed by atoms with E-state index in [2.05, 4.69) is 16.0 Å². The molecular weight excluding hydrogens is 1430 g/mol. The Balaban J connectivity index is 1.19. The van der Waals surface area contributed by atoms with Crippen molar-refractivity contribution in [3.63, 3.8) is 0 Å². The van der Waals surface area contributed by atoms with Crippen LogP contribution in [0.15, 0.2) is 0 Å². The summed E-state index contributed by atoms with van der Waals surface area (Å²) in [6.07, 6.45) is -14.5. The summed E-state index contributed by atoms with van der Waals surface area (Å²) < 4.78 is 121. The number of ether oxygens (including phenoxy) is 1. The molecule has 0 radical (unpaired) electrons. The Labute approximate surface area is 629 Å². The van der Waals surface area contributed by atoms with Crippen molar-refractivity contribution in [2.75, 3.05) is 94.8 Å². The van der Waals surface area contributed by atoms with E-state index in [1.165, 1.54) is 66.8 Å². The molecule has 0 aromatic rings. The first kappa shape index (κ1) is 86.6. The van der Waals surface area contributed by atoms with Crippen molar-refractivity contribution in [3.05, 3.63) is 0 Å². The summed E-state index contributed by atoms with van der Waals surface area (Å²) in [6, 6.07) is -11.0. The normalized spacial score (nSPS) is 33.4. The summed E-state index contributed by atoms with van der Waals surface area (Å²) in [7, 11) is 8.12. The Kier molecular flexibility index (Phi) is 29.6. The van der Waals surface area contributed by atoms with E-state index in [-0.39, 0.29) is 128 Å². The molecule has 0 aromatic heterocycles. The number of hydrogen-bond donors (Lipinski definition) is 3. The van der Waals surface area contributed by atoms with Gasteiger partial charge < -0.3 is 64.8 Å². The number of carbonyl (C=O) groups excluding carboxylic acids is 12. The lowest BCUT2D eigenvalue weighted by Gasteiger charge is -2.42. The number of rotatable bonds is 10. The van der Waals surface area contributed by atoms with Crippen molar-refractivity contribution >= 4 is 70.9 Å². The molecular formula is C75H116F8N12O13. The number of amides is 12. The highest BCUT2D eigenvalue weighted by Gasteiger charge is 2.56. The van der Waals surface area contributed by atoms with Gasteiger partial charge in [0.1, 0.15) is 72.1 Å². The van der Waals surface area contributed by atoms with Crippen LogP contribution in [0, 0.1) is 47.3 Å². The summed E-state index contributed by atoms with van der Waals surface area (Å²) in [6.45, 7) is 7.67. The van der Waals surface area contributed by atoms with E-state index in [1.807, 2.05) is 13.8 Å². The van der Waals surface area contributed by atoms with Crippen LogP contribution in [0.5, 0.6) is 0 Å². The van der Waals surface area contributed by atoms with E-state index in [4.69, 9.17) is 4.74 Å². The Morgan fingerprint density at radius 3 is 1.78 bits per heavy atom. The predicted octanol–water partition coefficient (Wildman–Crippen LogP) is 6.19. The van der Waals surface area contributed by atoms with Gasteiger partial charge in [0.15, 0.2) is 0 Å². The van der Waals surface area contributed by atoms with Gasteiger partial charge in [-0.3, -0.25) is 57.5 Å². The van der Waals surface area contributed by atoms with Crippen LogP contribution in [0.2, 0.25) is 0 Å². The lowest BCUT2D eigenvalue weighted by atomic mass is 9.76. The molecule has 4 saturated heterocycles. The maximum atomic E-state index is 15.7. The van der Waals surface area contributed by atoms with Crippen molar-refractivity contribution in [2.24, 2.45) is 47.3 Å². The Morgan fingerprint density at radius 1 is 0.583 bits per heavy atom. The molecule has 12 amide bonds. The third-order valence-electron chi connectivity index (χ3n) is 25.3. The van der Waals surface area contributed by atoms with E-state index < -0.39 is 224 Å². The zero-order valence-electron chi connectivity index (χ0n) is 64.7. The highest BCUT2D eigenvalue weighted by atomic mass is 19.4. The molecule has 25 nitrogen and oxygen atoms in total. The molecule has 3 N–H and O–H groups in total. The monoisotopic (exact) mass is 1540 g/mol. The maximum absolute atomic E-state index is 15.7. The second-order valence-corrected chi connectivity index (χ2v) is 32.5. The Morgan fingerprint density at radius 2 is 1.19 bits per heavy atom. The standard InChI is InChI=1S/C75H116F8N12O13/c1-12-43(3)62-70(105)88(7)42-60(98)90(9)55-35-44(4)45(5)40-95(69(55)104)57(38-46-22-25-49(26-23-46)74(78,79)80)67(102)87(6)41-58(96)84-52(27-24-47-36-50(76)61(51(77)37-47)75(81,82)83)66(101)94-30-18-21-54(94)65(100)86-73(28-16-17-29-73)72(107)92(11)63(48-19-14-15-20-48)71(106)91(10)56(68(103)93-31-33-108-34-32-93)39-59(97)89(8)53(13-2)64(99)85-62/h43-57,61-63H,12-42H2,1-11H3,(H,84,96)(H,85,99)(H,86,100)/t43-,44+,45-,46?,47?,49?,50?,51?,52-,53-,54-,55-,56-,57-,61?,62-,63-/m0/s1. The number of hydrogen-bond acceptors (Lipinski definition) is 13. The zero-order valence-corrected chi connectivity index (χ0v) is 64.7. The average Bonchev–Trinajstić information content (AvgIpc) is 1.49. The van der Waals surface area contributed by atoms with E-state index in [9.17, 15) is 55.1 Å². The van der Waals surface area contributed by atoms with Crippen molar-refractivity contribution in [3.8, 4) is 0 Å². The molecule has 2 unspecified atom stereocenters. The lowest BCUT2D eigenvalue weighted by molar-refractivity contribution is -0.219. The Hall–Kier alpha value is -6.96. The first-order valence-electron chi connectivity index (χ1n) is 39.1. The van der Waals surface area contributed by atoms with E-state index in [1.54, 1.807) is 20.8 Å². The topological polar surface area (TPSA) is 279 Å². The van der Waals surface area contributed by atoms with E-state index >= 15 is 37.5 Å². The molecule has 4 aliphatic carbocycles. The lowest BCUT2D eigenvalue weighted by Crippen LogP contribution is -2.65. The summed E-state index contributed by atoms with van der Waals surface area (Å²) in [5.41, 5.74) is -1.67. The van der Waals surface area contributed by atoms with Gasteiger partial charge in [-0.2, -0.15) is 26.3 Å². The number of morpholine rings is 1. The molecule has 4 aliphatic heterocycles. The summed E-state index contributed by atoms with van der Waals surface area (Å²) in [5.74, 6) is -17.0. The first-order chi connectivity index (χ1) is 50.7. The van der Waals surface area contributed by atoms with Gasteiger partial charge in [-0.15, -0.1) is 0 Å². The second kappa shape index (κ2) is 36.9. The fraction of sp³-hybridized carbons (Fsp3) is 0.840. The number of halogens is 8. The molecule has 8 aliphatic rings. The first-order valence-corrected chi connectivity index (χ1v) is 39.1. The van der Waals surface area contributed by atoms with Gasteiger partial charge in [0, 0.05) is 68.5 Å². The van der Waals surface area contributed by atoms with Gasteiger partial charge in [0.2, 0.25) is 70.9 Å². The number of nitrogens with zero attached hydrogens (tertiary/aromatic N) is 9. The predicted molar refractivity (Wildman–Crippen MR) is 379 cm³/mol. The fourth-order valence-corrected chi connectivity index (χ4v) is 18.0. The minimum Gasteiger partial charge on any atom is -0.378 e. The second-order valence-electron chi connectivity index (χ2n) is 32.5. The molecule has 610 valence electrons. The summed E-state index contributed by atoms with van der Waals surface area (Å²) in [4.78, 5) is 192. The van der Waals surface area contributed by atoms with Crippen LogP contribution in [0.3, 0.4) is 0 Å². The van der Waals surface area contributed by atoms with E-state index in [0.29, 0.717) is 44.9 Å². The number of fused-ring (bicyclic) bond motifs is 3. The van der Waals surface area contributed by atoms with Crippen LogP contribution >= 0.6 is 0 Å². The number of carbonyl (C=O) groups is 12. The molecule has 108 heavy (non-hydrogen) atoms. The number of likely N-dealkylation sites (N-methyl/N-ethyl adjacent to an activating group) is 6. The van der Waals surface area contributed by atoms with Crippen LogP contribution in [-0.2, 0) is 62.3 Å². The zero-order chi connectivity index (χ0) is 79.8. The molecule has 13 atom stereocenters. The molecule has 8 rings (SSSR count). The van der Waals surface area contributed by atoms with Crippen LogP contribution < -0.4 is 16.0 Å². The summed E-state index contributed by atoms with van der Waals surface area (Å²) in [5, 5.41) is 8.48. The third kappa shape index (κ3) is 20.2.